The highest BCUT2D eigenvalue weighted by Gasteiger charge is 2.31. The molecule has 0 saturated carbocycles. The smallest absolute Gasteiger partial charge is 0.225 e. The van der Waals surface area contributed by atoms with Gasteiger partial charge in [0.05, 0.1) is 18.7 Å². The molecule has 0 spiro atoms. The molecule has 3 rings (SSSR count). The number of fused-ring (bicyclic) bond motifs is 1. The number of ether oxygens (including phenoxy) is 1. The van der Waals surface area contributed by atoms with Gasteiger partial charge in [0.25, 0.3) is 0 Å². The lowest BCUT2D eigenvalue weighted by molar-refractivity contribution is -0.117. The Hall–Kier alpha value is -2.90. The molecule has 1 aromatic carbocycles. The summed E-state index contributed by atoms with van der Waals surface area (Å²) in [6.07, 6.45) is 2.20. The van der Waals surface area contributed by atoms with Crippen molar-refractivity contribution in [2.45, 2.75) is 46.1 Å². The van der Waals surface area contributed by atoms with Crippen molar-refractivity contribution in [1.29, 1.82) is 0 Å². The number of benzene rings is 1. The third-order valence-electron chi connectivity index (χ3n) is 4.54. The number of methoxy groups -OCH3 is 1. The second-order valence-electron chi connectivity index (χ2n) is 7.02. The van der Waals surface area contributed by atoms with E-state index in [1.54, 1.807) is 10.7 Å². The average molecular weight is 371 g/mol. The van der Waals surface area contributed by atoms with Crippen molar-refractivity contribution >= 4 is 23.2 Å². The number of aryl methyl sites for hydroxylation is 1. The number of aromatic nitrogens is 3. The SMILES string of the molecule is CCn1ncnc1[C@@H]1CC(=O)Nc2cc(OC)c(NC(=O)CC(C)C)cc21. The van der Waals surface area contributed by atoms with Gasteiger partial charge in [-0.2, -0.15) is 5.10 Å². The van der Waals surface area contributed by atoms with Crippen molar-refractivity contribution in [2.75, 3.05) is 17.7 Å². The van der Waals surface area contributed by atoms with Crippen LogP contribution >= 0.6 is 0 Å². The first-order chi connectivity index (χ1) is 12.9. The number of amides is 2. The van der Waals surface area contributed by atoms with Crippen molar-refractivity contribution < 1.29 is 14.3 Å². The zero-order valence-corrected chi connectivity index (χ0v) is 16.1. The fourth-order valence-electron chi connectivity index (χ4n) is 3.35. The summed E-state index contributed by atoms with van der Waals surface area (Å²) in [5.74, 6) is 1.10. The minimum atomic E-state index is -0.233. The van der Waals surface area contributed by atoms with Crippen LogP contribution in [0.2, 0.25) is 0 Å². The molecule has 0 radical (unpaired) electrons. The van der Waals surface area contributed by atoms with E-state index >= 15 is 0 Å². The standard InChI is InChI=1S/C19H25N5O3/c1-5-24-19(20-10-21-24)13-8-18(26)22-14-9-16(27-4)15(7-12(13)14)23-17(25)6-11(2)3/h7,9-11,13H,5-6,8H2,1-4H3,(H,22,26)(H,23,25)/t13-/m1/s1. The van der Waals surface area contributed by atoms with Gasteiger partial charge >= 0.3 is 0 Å². The summed E-state index contributed by atoms with van der Waals surface area (Å²) in [6.45, 7) is 6.63. The van der Waals surface area contributed by atoms with Gasteiger partial charge < -0.3 is 15.4 Å². The maximum Gasteiger partial charge on any atom is 0.225 e. The molecular formula is C19H25N5O3. The number of carbonyl (C=O) groups excluding carboxylic acids is 2. The van der Waals surface area contributed by atoms with E-state index in [4.69, 9.17) is 4.74 Å². The highest BCUT2D eigenvalue weighted by Crippen LogP contribution is 2.41. The Balaban J connectivity index is 2.03. The van der Waals surface area contributed by atoms with E-state index in [0.717, 1.165) is 11.4 Å². The van der Waals surface area contributed by atoms with Gasteiger partial charge in [-0.15, -0.1) is 0 Å². The minimum Gasteiger partial charge on any atom is -0.494 e. The summed E-state index contributed by atoms with van der Waals surface area (Å²) in [6, 6.07) is 3.61. The maximum atomic E-state index is 12.3. The number of rotatable bonds is 6. The van der Waals surface area contributed by atoms with Crippen LogP contribution in [-0.2, 0) is 16.1 Å². The van der Waals surface area contributed by atoms with Crippen LogP contribution in [0.3, 0.4) is 0 Å². The largest absolute Gasteiger partial charge is 0.494 e. The number of hydrogen-bond donors (Lipinski definition) is 2. The fraction of sp³-hybridized carbons (Fsp3) is 0.474. The van der Waals surface area contributed by atoms with Crippen LogP contribution in [0.15, 0.2) is 18.5 Å². The molecule has 2 N–H and O–H groups in total. The van der Waals surface area contributed by atoms with Crippen molar-refractivity contribution in [3.8, 4) is 5.75 Å². The van der Waals surface area contributed by atoms with Crippen LogP contribution in [0.4, 0.5) is 11.4 Å². The van der Waals surface area contributed by atoms with E-state index < -0.39 is 0 Å². The van der Waals surface area contributed by atoms with Crippen LogP contribution in [-0.4, -0.2) is 33.7 Å². The molecule has 2 heterocycles. The van der Waals surface area contributed by atoms with Gasteiger partial charge in [0.2, 0.25) is 11.8 Å². The number of nitrogens with zero attached hydrogens (tertiary/aromatic N) is 3. The number of carbonyl (C=O) groups is 2. The molecule has 0 bridgehead atoms. The Labute approximate surface area is 158 Å². The minimum absolute atomic E-state index is 0.0728. The number of anilines is 2. The molecule has 8 nitrogen and oxygen atoms in total. The van der Waals surface area contributed by atoms with Crippen molar-refractivity contribution in [3.05, 3.63) is 29.8 Å². The third kappa shape index (κ3) is 3.94. The van der Waals surface area contributed by atoms with E-state index in [9.17, 15) is 9.59 Å². The molecule has 0 aliphatic carbocycles. The fourth-order valence-corrected chi connectivity index (χ4v) is 3.35. The van der Waals surface area contributed by atoms with Gasteiger partial charge in [0.15, 0.2) is 0 Å². The van der Waals surface area contributed by atoms with E-state index in [1.807, 2.05) is 26.8 Å². The second kappa shape index (κ2) is 7.77. The molecule has 1 aliphatic rings. The lowest BCUT2D eigenvalue weighted by Crippen LogP contribution is -2.26. The number of nitrogens with one attached hydrogen (secondary N) is 2. The van der Waals surface area contributed by atoms with Gasteiger partial charge in [-0.05, 0) is 24.5 Å². The summed E-state index contributed by atoms with van der Waals surface area (Å²) in [5.41, 5.74) is 2.14. The van der Waals surface area contributed by atoms with Gasteiger partial charge in [0, 0.05) is 31.1 Å². The van der Waals surface area contributed by atoms with Crippen molar-refractivity contribution in [2.24, 2.45) is 5.92 Å². The van der Waals surface area contributed by atoms with Crippen LogP contribution in [0, 0.1) is 5.92 Å². The average Bonchev–Trinajstić information content (AvgIpc) is 3.08. The highest BCUT2D eigenvalue weighted by molar-refractivity contribution is 5.98. The summed E-state index contributed by atoms with van der Waals surface area (Å²) < 4.78 is 7.21. The lowest BCUT2D eigenvalue weighted by Gasteiger charge is -2.27. The van der Waals surface area contributed by atoms with Crippen molar-refractivity contribution in [3.63, 3.8) is 0 Å². The first-order valence-corrected chi connectivity index (χ1v) is 9.12. The van der Waals surface area contributed by atoms with Crippen molar-refractivity contribution in [1.82, 2.24) is 14.8 Å². The lowest BCUT2D eigenvalue weighted by atomic mass is 9.89. The normalized spacial score (nSPS) is 16.0. The predicted octanol–water partition coefficient (Wildman–Crippen LogP) is 2.77. The molecule has 1 aliphatic heterocycles. The summed E-state index contributed by atoms with van der Waals surface area (Å²) >= 11 is 0. The van der Waals surface area contributed by atoms with E-state index in [2.05, 4.69) is 20.7 Å². The molecule has 27 heavy (non-hydrogen) atoms. The van der Waals surface area contributed by atoms with Crippen LogP contribution in [0.5, 0.6) is 5.75 Å². The second-order valence-corrected chi connectivity index (χ2v) is 7.02. The Bertz CT molecular complexity index is 859. The molecule has 8 heteroatoms. The zero-order valence-electron chi connectivity index (χ0n) is 16.1. The predicted molar refractivity (Wildman–Crippen MR) is 102 cm³/mol. The van der Waals surface area contributed by atoms with Gasteiger partial charge in [-0.3, -0.25) is 9.59 Å². The molecule has 0 unspecified atom stereocenters. The maximum absolute atomic E-state index is 12.3. The Morgan fingerprint density at radius 2 is 2.22 bits per heavy atom. The van der Waals surface area contributed by atoms with Crippen LogP contribution in [0.1, 0.15) is 50.9 Å². The molecule has 2 aromatic rings. The van der Waals surface area contributed by atoms with Gasteiger partial charge in [-0.25, -0.2) is 9.67 Å². The first kappa shape index (κ1) is 18.9. The first-order valence-electron chi connectivity index (χ1n) is 9.12. The summed E-state index contributed by atoms with van der Waals surface area (Å²) in [5, 5.41) is 10.0. The van der Waals surface area contributed by atoms with E-state index in [0.29, 0.717) is 30.1 Å². The third-order valence-corrected chi connectivity index (χ3v) is 4.54. The van der Waals surface area contributed by atoms with Crippen LogP contribution < -0.4 is 15.4 Å². The van der Waals surface area contributed by atoms with Crippen LogP contribution in [0.25, 0.3) is 0 Å². The van der Waals surface area contributed by atoms with E-state index in [1.165, 1.54) is 13.4 Å². The molecule has 2 amide bonds. The molecule has 1 aromatic heterocycles. The van der Waals surface area contributed by atoms with E-state index in [-0.39, 0.29) is 30.1 Å². The molecular weight excluding hydrogens is 346 g/mol. The Kier molecular flexibility index (Phi) is 5.43. The van der Waals surface area contributed by atoms with Gasteiger partial charge in [0.1, 0.15) is 17.9 Å². The van der Waals surface area contributed by atoms with Gasteiger partial charge in [-0.1, -0.05) is 13.8 Å². The summed E-state index contributed by atoms with van der Waals surface area (Å²) in [7, 11) is 1.54. The molecule has 0 fully saturated rings. The zero-order chi connectivity index (χ0) is 19.6. The Morgan fingerprint density at radius 1 is 1.44 bits per heavy atom. The highest BCUT2D eigenvalue weighted by atomic mass is 16.5. The Morgan fingerprint density at radius 3 is 2.89 bits per heavy atom. The number of hydrogen-bond acceptors (Lipinski definition) is 5. The quantitative estimate of drug-likeness (QED) is 0.814. The molecule has 0 saturated heterocycles. The summed E-state index contributed by atoms with van der Waals surface area (Å²) in [4.78, 5) is 28.9. The molecule has 144 valence electrons. The molecule has 1 atom stereocenters. The monoisotopic (exact) mass is 371 g/mol. The topological polar surface area (TPSA) is 98.1 Å².